The van der Waals surface area contributed by atoms with E-state index in [0.29, 0.717) is 36.1 Å². The predicted molar refractivity (Wildman–Crippen MR) is 187 cm³/mol. The van der Waals surface area contributed by atoms with Gasteiger partial charge in [0.1, 0.15) is 17.2 Å². The molecule has 0 saturated carbocycles. The number of aromatic nitrogens is 2. The summed E-state index contributed by atoms with van der Waals surface area (Å²) >= 11 is 0. The van der Waals surface area contributed by atoms with Crippen molar-refractivity contribution in [2.45, 2.75) is 31.7 Å². The van der Waals surface area contributed by atoms with Crippen LogP contribution in [0.3, 0.4) is 0 Å². The van der Waals surface area contributed by atoms with Crippen LogP contribution in [-0.2, 0) is 23.6 Å². The molecule has 0 atom stereocenters. The molecular weight excluding hydrogens is 627 g/mol. The first-order chi connectivity index (χ1) is 23.1. The Hall–Kier alpha value is -4.87. The molecule has 0 N–H and O–H groups in total. The van der Waals surface area contributed by atoms with E-state index in [0.717, 1.165) is 54.9 Å². The molecule has 0 aliphatic carbocycles. The van der Waals surface area contributed by atoms with E-state index in [1.54, 1.807) is 36.4 Å². The lowest BCUT2D eigenvalue weighted by molar-refractivity contribution is 0.0619. The molecule has 250 valence electrons. The number of carbonyl (C=O) groups excluding carboxylic acids is 1. The third kappa shape index (κ3) is 7.17. The molecule has 1 amide bonds. The summed E-state index contributed by atoms with van der Waals surface area (Å²) in [5.74, 6) is 1.79. The number of sulfonamides is 1. The summed E-state index contributed by atoms with van der Waals surface area (Å²) < 4.78 is 41.0. The third-order valence-corrected chi connectivity index (χ3v) is 10.5. The summed E-state index contributed by atoms with van der Waals surface area (Å²) in [5.41, 5.74) is 4.11. The maximum absolute atomic E-state index is 13.6. The second kappa shape index (κ2) is 14.1. The number of benzene rings is 3. The highest BCUT2D eigenvalue weighted by Gasteiger charge is 2.25. The summed E-state index contributed by atoms with van der Waals surface area (Å²) in [4.78, 5) is 22.5. The number of rotatable bonds is 11. The normalized spacial score (nSPS) is 13.9. The van der Waals surface area contributed by atoms with Gasteiger partial charge in [0.2, 0.25) is 5.88 Å². The first kappa shape index (κ1) is 33.0. The van der Waals surface area contributed by atoms with Crippen molar-refractivity contribution in [3.63, 3.8) is 0 Å². The van der Waals surface area contributed by atoms with E-state index in [4.69, 9.17) is 9.47 Å². The van der Waals surface area contributed by atoms with Crippen LogP contribution in [0.4, 0.5) is 5.69 Å². The molecule has 1 saturated heterocycles. The van der Waals surface area contributed by atoms with Crippen LogP contribution in [-0.4, -0.2) is 73.5 Å². The van der Waals surface area contributed by atoms with Crippen molar-refractivity contribution in [3.8, 4) is 17.4 Å². The van der Waals surface area contributed by atoms with Crippen LogP contribution >= 0.6 is 0 Å². The van der Waals surface area contributed by atoms with Gasteiger partial charge in [-0.25, -0.2) is 13.4 Å². The van der Waals surface area contributed by atoms with E-state index in [1.165, 1.54) is 23.1 Å². The summed E-state index contributed by atoms with van der Waals surface area (Å²) in [6.45, 7) is 8.50. The van der Waals surface area contributed by atoms with Crippen molar-refractivity contribution >= 4 is 32.5 Å². The molecule has 0 spiro atoms. The molecule has 3 aromatic carbocycles. The number of aryl methyl sites for hydroxylation is 2. The molecule has 5 aromatic rings. The maximum Gasteiger partial charge on any atom is 0.270 e. The maximum atomic E-state index is 13.6. The van der Waals surface area contributed by atoms with Crippen molar-refractivity contribution in [2.24, 2.45) is 7.05 Å². The number of hydrogen-bond donors (Lipinski definition) is 0. The quantitative estimate of drug-likeness (QED) is 0.164. The number of anilines is 1. The number of ether oxygens (including phenoxy) is 2. The van der Waals surface area contributed by atoms with Gasteiger partial charge in [0.25, 0.3) is 15.9 Å². The lowest BCUT2D eigenvalue weighted by atomic mass is 10.2. The summed E-state index contributed by atoms with van der Waals surface area (Å²) in [7, 11) is -0.341. The second-order valence-corrected chi connectivity index (χ2v) is 14.1. The number of amides is 1. The molecule has 0 radical (unpaired) electrons. The molecule has 1 aliphatic heterocycles. The largest absolute Gasteiger partial charge is 0.494 e. The molecule has 6 rings (SSSR count). The lowest BCUT2D eigenvalue weighted by Gasteiger charge is -2.34. The minimum Gasteiger partial charge on any atom is -0.494 e. The molecule has 0 bridgehead atoms. The zero-order valence-corrected chi connectivity index (χ0v) is 28.6. The standard InChI is InChI=1S/C37H41N5O5S/c1-5-22-46-31-12-8-28(9-13-31)26-41-18-20-42(21-19-41)37(43)35-23-29-10-14-32(24-34(29)39(35)3)47-36-17-11-30(25-38-36)40(4)48(44,45)33-15-6-27(2)7-16-33/h6-17,23-25H,5,18-22,26H2,1-4H3. The van der Waals surface area contributed by atoms with E-state index in [1.807, 2.05) is 59.8 Å². The van der Waals surface area contributed by atoms with Gasteiger partial charge in [-0.1, -0.05) is 36.8 Å². The number of piperazine rings is 1. The Morgan fingerprint density at radius 1 is 0.896 bits per heavy atom. The van der Waals surface area contributed by atoms with Crippen LogP contribution in [0.1, 0.15) is 35.0 Å². The third-order valence-electron chi connectivity index (χ3n) is 8.68. The topological polar surface area (TPSA) is 97.2 Å². The number of hydrogen-bond acceptors (Lipinski definition) is 7. The monoisotopic (exact) mass is 667 g/mol. The van der Waals surface area contributed by atoms with Gasteiger partial charge in [0.15, 0.2) is 0 Å². The Kier molecular flexibility index (Phi) is 9.70. The summed E-state index contributed by atoms with van der Waals surface area (Å²) in [5, 5.41) is 0.935. The fourth-order valence-corrected chi connectivity index (χ4v) is 6.95. The molecular formula is C37H41N5O5S. The molecule has 0 unspecified atom stereocenters. The number of carbonyl (C=O) groups is 1. The Morgan fingerprint density at radius 2 is 1.60 bits per heavy atom. The van der Waals surface area contributed by atoms with Crippen LogP contribution in [0.15, 0.2) is 96.0 Å². The minimum absolute atomic E-state index is 0.00945. The minimum atomic E-state index is -3.73. The lowest BCUT2D eigenvalue weighted by Crippen LogP contribution is -2.48. The van der Waals surface area contributed by atoms with E-state index in [2.05, 4.69) is 28.9 Å². The number of pyridine rings is 1. The van der Waals surface area contributed by atoms with Gasteiger partial charge in [0, 0.05) is 64.3 Å². The van der Waals surface area contributed by atoms with Gasteiger partial charge in [-0.2, -0.15) is 0 Å². The van der Waals surface area contributed by atoms with Gasteiger partial charge < -0.3 is 18.9 Å². The average Bonchev–Trinajstić information content (AvgIpc) is 3.43. The molecule has 10 nitrogen and oxygen atoms in total. The zero-order chi connectivity index (χ0) is 33.8. The zero-order valence-electron chi connectivity index (χ0n) is 27.8. The van der Waals surface area contributed by atoms with E-state index in [9.17, 15) is 13.2 Å². The van der Waals surface area contributed by atoms with E-state index in [-0.39, 0.29) is 10.8 Å². The molecule has 1 aliphatic rings. The van der Waals surface area contributed by atoms with E-state index < -0.39 is 10.0 Å². The summed E-state index contributed by atoms with van der Waals surface area (Å²) in [6, 6.07) is 25.9. The SMILES string of the molecule is CCCOc1ccc(CN2CCN(C(=O)c3cc4ccc(Oc5ccc(N(C)S(=O)(=O)c6ccc(C)cc6)cn5)cc4n3C)CC2)cc1. The van der Waals surface area contributed by atoms with Crippen LogP contribution in [0.5, 0.6) is 17.4 Å². The Balaban J connectivity index is 1.07. The highest BCUT2D eigenvalue weighted by atomic mass is 32.2. The number of nitrogens with zero attached hydrogens (tertiary/aromatic N) is 5. The highest BCUT2D eigenvalue weighted by molar-refractivity contribution is 7.92. The van der Waals surface area contributed by atoms with Crippen molar-refractivity contribution in [1.29, 1.82) is 0 Å². The average molecular weight is 668 g/mol. The van der Waals surface area contributed by atoms with E-state index >= 15 is 0 Å². The number of fused-ring (bicyclic) bond motifs is 1. The van der Waals surface area contributed by atoms with Gasteiger partial charge in [-0.3, -0.25) is 14.0 Å². The van der Waals surface area contributed by atoms with Gasteiger partial charge in [-0.15, -0.1) is 0 Å². The van der Waals surface area contributed by atoms with Crippen molar-refractivity contribution < 1.29 is 22.7 Å². The Bertz CT molecular complexity index is 1980. The Morgan fingerprint density at radius 3 is 2.27 bits per heavy atom. The molecule has 3 heterocycles. The first-order valence-electron chi connectivity index (χ1n) is 16.1. The van der Waals surface area contributed by atoms with Crippen LogP contribution in [0.25, 0.3) is 10.9 Å². The molecule has 1 fully saturated rings. The highest BCUT2D eigenvalue weighted by Crippen LogP contribution is 2.29. The fourth-order valence-electron chi connectivity index (χ4n) is 5.77. The van der Waals surface area contributed by atoms with Crippen LogP contribution in [0, 0.1) is 6.92 Å². The van der Waals surface area contributed by atoms with Crippen molar-refractivity contribution in [3.05, 3.63) is 108 Å². The predicted octanol–water partition coefficient (Wildman–Crippen LogP) is 6.25. The van der Waals surface area contributed by atoms with Gasteiger partial charge >= 0.3 is 0 Å². The van der Waals surface area contributed by atoms with Crippen molar-refractivity contribution in [1.82, 2.24) is 19.4 Å². The van der Waals surface area contributed by atoms with Gasteiger partial charge in [-0.05, 0) is 67.4 Å². The van der Waals surface area contributed by atoms with Crippen LogP contribution in [0.2, 0.25) is 0 Å². The molecule has 2 aromatic heterocycles. The smallest absolute Gasteiger partial charge is 0.270 e. The first-order valence-corrected chi connectivity index (χ1v) is 17.6. The second-order valence-electron chi connectivity index (χ2n) is 12.1. The Labute approximate surface area is 282 Å². The fraction of sp³-hybridized carbons (Fsp3) is 0.297. The molecule has 11 heteroatoms. The van der Waals surface area contributed by atoms with Crippen LogP contribution < -0.4 is 13.8 Å². The molecule has 48 heavy (non-hydrogen) atoms. The van der Waals surface area contributed by atoms with Crippen molar-refractivity contribution in [2.75, 3.05) is 44.1 Å². The summed E-state index contributed by atoms with van der Waals surface area (Å²) in [6.07, 6.45) is 2.45. The van der Waals surface area contributed by atoms with Gasteiger partial charge in [0.05, 0.1) is 28.9 Å².